The Labute approximate surface area is 394 Å². The van der Waals surface area contributed by atoms with E-state index in [1.54, 1.807) is 111 Å². The van der Waals surface area contributed by atoms with Crippen LogP contribution in [0.2, 0.25) is 0 Å². The van der Waals surface area contributed by atoms with Gasteiger partial charge in [0.25, 0.3) is 0 Å². The molecule has 0 N–H and O–H groups in total. The van der Waals surface area contributed by atoms with Gasteiger partial charge in [-0.15, -0.1) is 10.2 Å². The Morgan fingerprint density at radius 3 is 0.375 bits per heavy atom. The smallest absolute Gasteiger partial charge is 0.138 e. The van der Waals surface area contributed by atoms with Crippen LogP contribution < -0.4 is 0 Å². The quantitative estimate of drug-likeness (QED) is 0.138. The number of hydrogen-bond donors (Lipinski definition) is 0. The van der Waals surface area contributed by atoms with E-state index in [4.69, 9.17) is 0 Å². The Balaban J connectivity index is -0.0000000284. The van der Waals surface area contributed by atoms with E-state index >= 15 is 0 Å². The van der Waals surface area contributed by atoms with E-state index in [0.717, 1.165) is 0 Å². The highest BCUT2D eigenvalue weighted by atomic mass is 15.1. The minimum atomic E-state index is 0. The van der Waals surface area contributed by atoms with E-state index in [1.807, 2.05) is 36.4 Å². The van der Waals surface area contributed by atoms with Crippen molar-refractivity contribution in [2.24, 2.45) is 0 Å². The van der Waals surface area contributed by atoms with Crippen molar-refractivity contribution in [3.05, 3.63) is 185 Å². The lowest BCUT2D eigenvalue weighted by molar-refractivity contribution is 0.969. The number of hydrogen-bond acceptors (Lipinski definition) is 18. The summed E-state index contributed by atoms with van der Waals surface area (Å²) in [7, 11) is 0. The lowest BCUT2D eigenvalue weighted by Crippen LogP contribution is -1.75. The summed E-state index contributed by atoms with van der Waals surface area (Å²) in [5.74, 6) is 0. The molecular weight excluding hydrogens is 805 g/mol. The van der Waals surface area contributed by atoms with E-state index in [9.17, 15) is 0 Å². The molecule has 8 rings (SSSR count). The Hall–Kier alpha value is -7.50. The van der Waals surface area contributed by atoms with Crippen molar-refractivity contribution in [1.29, 1.82) is 0 Å². The Bertz CT molecular complexity index is 1010. The second-order valence-corrected chi connectivity index (χ2v) is 7.03. The van der Waals surface area contributed by atoms with Gasteiger partial charge in [-0.25, -0.2) is 29.9 Å². The number of nitrogens with zero attached hydrogens (tertiary/aromatic N) is 18. The van der Waals surface area contributed by atoms with Crippen LogP contribution in [-0.4, -0.2) is 90.9 Å². The molecule has 0 saturated carbocycles. The third kappa shape index (κ3) is 95.1. The zero-order valence-electron chi connectivity index (χ0n) is 25.4. The molecule has 0 spiro atoms. The Morgan fingerprint density at radius 1 is 0.125 bits per heavy atom. The first-order valence-corrected chi connectivity index (χ1v) is 13.4. The molecule has 0 atom stereocenters. The second kappa shape index (κ2) is 101. The summed E-state index contributed by atoms with van der Waals surface area (Å²) in [5, 5.41) is 35.0. The molecule has 0 unspecified atom stereocenters. The largest absolute Gasteiger partial charge is 0.262 e. The fourth-order valence-electron chi connectivity index (χ4n) is 1.93. The third-order valence-corrected chi connectivity index (χ3v) is 3.69. The first-order chi connectivity index (χ1) is 24.0. The molecule has 0 saturated heterocycles. The molecule has 18 heteroatoms. The van der Waals surface area contributed by atoms with Crippen LogP contribution in [0.3, 0.4) is 0 Å². The minimum absolute atomic E-state index is 0. The van der Waals surface area contributed by atoms with Crippen LogP contribution in [0, 0.1) is 0 Å². The standard InChI is InChI=1S/6C4H4N2.2C3H3N3.16CH4/c1-2-6-4-3-5-1;2*1-2-5-4-6-3-1;3*1-2-4-6-5-3-1;2*1-2-5-6-3-4-1;;;;;;;;;;;;;;;;/h6*1-4H;2*1-3H;16*1H4. The highest BCUT2D eigenvalue weighted by Crippen LogP contribution is 1.70. The molecule has 368 valence electrons. The van der Waals surface area contributed by atoms with E-state index in [1.165, 1.54) is 37.7 Å². The lowest BCUT2D eigenvalue weighted by Gasteiger charge is -1.70. The van der Waals surface area contributed by atoms with Crippen LogP contribution in [-0.2, 0) is 0 Å². The molecule has 8 heterocycles. The van der Waals surface area contributed by atoms with Crippen molar-refractivity contribution in [3.63, 3.8) is 0 Å². The Morgan fingerprint density at radius 2 is 0.312 bits per heavy atom. The highest BCUT2D eigenvalue weighted by molar-refractivity contribution is 4.81. The average Bonchev–Trinajstić information content (AvgIpc) is 3.25. The number of aromatic nitrogens is 18. The SMILES string of the molecule is C.C.C.C.C.C.C.C.C.C.C.C.C.C.C.C.c1ccnnc1.c1ccnnc1.c1ccnnc1.c1cnccn1.c1cncnc1.c1cncnc1.c1cnncn1.c1cnncn1. The van der Waals surface area contributed by atoms with Gasteiger partial charge < -0.3 is 0 Å². The average molecular weight is 899 g/mol. The van der Waals surface area contributed by atoms with Gasteiger partial charge in [0.1, 0.15) is 25.3 Å². The van der Waals surface area contributed by atoms with Gasteiger partial charge in [0.05, 0.1) is 12.4 Å². The van der Waals surface area contributed by atoms with Crippen molar-refractivity contribution in [3.8, 4) is 0 Å². The molecule has 0 radical (unpaired) electrons. The van der Waals surface area contributed by atoms with Gasteiger partial charge in [-0.05, 0) is 48.5 Å². The predicted octanol–water partition coefficient (Wildman–Crippen LogP) is 12.8. The molecule has 0 bridgehead atoms. The van der Waals surface area contributed by atoms with Crippen LogP contribution in [0.25, 0.3) is 0 Å². The van der Waals surface area contributed by atoms with E-state index < -0.39 is 0 Å². The lowest BCUT2D eigenvalue weighted by atomic mass is 10.6. The van der Waals surface area contributed by atoms with Gasteiger partial charge in [0.2, 0.25) is 0 Å². The Kier molecular flexibility index (Phi) is 167. The van der Waals surface area contributed by atoms with Gasteiger partial charge in [0.15, 0.2) is 0 Å². The molecule has 8 aromatic rings. The fourth-order valence-corrected chi connectivity index (χ4v) is 1.93. The van der Waals surface area contributed by atoms with Gasteiger partial charge in [0, 0.05) is 99.1 Å². The first kappa shape index (κ1) is 106. The van der Waals surface area contributed by atoms with Gasteiger partial charge in [-0.1, -0.05) is 119 Å². The summed E-state index contributed by atoms with van der Waals surface area (Å²) >= 11 is 0. The summed E-state index contributed by atoms with van der Waals surface area (Å²) in [4.78, 5) is 29.4. The summed E-state index contributed by atoms with van der Waals surface area (Å²) < 4.78 is 0. The van der Waals surface area contributed by atoms with Crippen molar-refractivity contribution in [2.75, 3.05) is 0 Å². The zero-order chi connectivity index (χ0) is 33.9. The molecule has 0 amide bonds. The van der Waals surface area contributed by atoms with Crippen molar-refractivity contribution in [2.45, 2.75) is 119 Å². The van der Waals surface area contributed by atoms with Crippen LogP contribution >= 0.6 is 0 Å². The van der Waals surface area contributed by atoms with E-state index in [2.05, 4.69) is 90.9 Å². The van der Waals surface area contributed by atoms with Crippen LogP contribution in [0.4, 0.5) is 0 Å². The third-order valence-electron chi connectivity index (χ3n) is 3.69. The molecule has 18 nitrogen and oxygen atoms in total. The monoisotopic (exact) mass is 899 g/mol. The van der Waals surface area contributed by atoms with E-state index in [0.29, 0.717) is 0 Å². The van der Waals surface area contributed by atoms with Crippen molar-refractivity contribution >= 4 is 0 Å². The topological polar surface area (TPSA) is 232 Å². The highest BCUT2D eigenvalue weighted by Gasteiger charge is 1.63. The van der Waals surface area contributed by atoms with E-state index in [-0.39, 0.29) is 119 Å². The fraction of sp³-hybridized carbons (Fsp3) is 0.348. The van der Waals surface area contributed by atoms with Crippen molar-refractivity contribution < 1.29 is 0 Å². The molecule has 0 fully saturated rings. The maximum Gasteiger partial charge on any atom is 0.138 e. The second-order valence-electron chi connectivity index (χ2n) is 7.03. The number of rotatable bonds is 0. The first-order valence-electron chi connectivity index (χ1n) is 13.4. The van der Waals surface area contributed by atoms with Crippen LogP contribution in [0.1, 0.15) is 119 Å². The zero-order valence-corrected chi connectivity index (χ0v) is 25.4. The molecular formula is C46H94N18. The molecule has 64 heavy (non-hydrogen) atoms. The van der Waals surface area contributed by atoms with Gasteiger partial charge >= 0.3 is 0 Å². The summed E-state index contributed by atoms with van der Waals surface area (Å²) in [6.45, 7) is 0. The predicted molar refractivity (Wildman–Crippen MR) is 280 cm³/mol. The maximum absolute atomic E-state index is 3.72. The molecule has 8 aromatic heterocycles. The molecule has 0 aliphatic heterocycles. The van der Waals surface area contributed by atoms with Gasteiger partial charge in [-0.2, -0.15) is 40.8 Å². The molecule has 0 aliphatic rings. The summed E-state index contributed by atoms with van der Waals surface area (Å²) in [5.41, 5.74) is 0. The summed E-state index contributed by atoms with van der Waals surface area (Å²) in [6, 6.07) is 14.5. The van der Waals surface area contributed by atoms with Crippen LogP contribution in [0.15, 0.2) is 185 Å². The minimum Gasteiger partial charge on any atom is -0.262 e. The van der Waals surface area contributed by atoms with Crippen molar-refractivity contribution in [1.82, 2.24) is 90.9 Å². The van der Waals surface area contributed by atoms with Gasteiger partial charge in [-0.3, -0.25) is 9.97 Å². The van der Waals surface area contributed by atoms with Crippen LogP contribution in [0.5, 0.6) is 0 Å². The molecule has 0 aromatic carbocycles. The maximum atomic E-state index is 3.72. The summed E-state index contributed by atoms with van der Waals surface area (Å²) in [6.07, 6.45) is 35.1. The normalized spacial score (nSPS) is 6.00. The molecule has 0 aliphatic carbocycles.